The van der Waals surface area contributed by atoms with Crippen molar-refractivity contribution < 1.29 is 18.8 Å². The van der Waals surface area contributed by atoms with Crippen LogP contribution >= 0.6 is 11.6 Å². The van der Waals surface area contributed by atoms with Gasteiger partial charge in [-0.25, -0.2) is 0 Å². The summed E-state index contributed by atoms with van der Waals surface area (Å²) >= 11 is 5.74. The van der Waals surface area contributed by atoms with Crippen LogP contribution in [0, 0.1) is 0 Å². The average Bonchev–Trinajstić information content (AvgIpc) is 2.48. The summed E-state index contributed by atoms with van der Waals surface area (Å²) in [6.07, 6.45) is -0.0256. The Hall–Kier alpha value is -1.23. The number of hydrogen-bond acceptors (Lipinski definition) is 5. The lowest BCUT2D eigenvalue weighted by molar-refractivity contribution is -0.139. The summed E-state index contributed by atoms with van der Waals surface area (Å²) in [6, 6.07) is 0. The number of carbonyl (C=O) groups excluding carboxylic acids is 1. The zero-order valence-corrected chi connectivity index (χ0v) is 7.92. The molecular formula is C7H8ClNO4. The summed E-state index contributed by atoms with van der Waals surface area (Å²) in [7, 11) is 2.68. The topological polar surface area (TPSA) is 61.6 Å². The van der Waals surface area contributed by atoms with Crippen molar-refractivity contribution >= 4 is 17.6 Å². The number of nitrogens with zero attached hydrogens (tertiary/aromatic N) is 1. The Balaban J connectivity index is 2.78. The fraction of sp³-hybridized carbons (Fsp3) is 0.429. The average molecular weight is 206 g/mol. The molecule has 0 amide bonds. The number of hydrogen-bond donors (Lipinski definition) is 0. The third-order valence-electron chi connectivity index (χ3n) is 1.40. The maximum absolute atomic E-state index is 10.8. The van der Waals surface area contributed by atoms with Gasteiger partial charge in [-0.3, -0.25) is 4.79 Å². The van der Waals surface area contributed by atoms with Gasteiger partial charge in [-0.1, -0.05) is 16.8 Å². The van der Waals surface area contributed by atoms with Gasteiger partial charge in [0, 0.05) is 0 Å². The van der Waals surface area contributed by atoms with Crippen molar-refractivity contribution in [1.29, 1.82) is 0 Å². The third kappa shape index (κ3) is 2.12. The normalized spacial score (nSPS) is 9.77. The molecule has 1 aromatic rings. The molecule has 72 valence electrons. The van der Waals surface area contributed by atoms with Crippen LogP contribution in [0.25, 0.3) is 0 Å². The van der Waals surface area contributed by atoms with E-state index in [1.807, 2.05) is 0 Å². The second-order valence-electron chi connectivity index (χ2n) is 2.19. The van der Waals surface area contributed by atoms with E-state index in [1.165, 1.54) is 14.2 Å². The van der Waals surface area contributed by atoms with E-state index in [0.717, 1.165) is 0 Å². The summed E-state index contributed by atoms with van der Waals surface area (Å²) in [5.41, 5.74) is 0.311. The van der Waals surface area contributed by atoms with Crippen LogP contribution in [0.3, 0.4) is 0 Å². The number of carbonyl (C=O) groups is 1. The van der Waals surface area contributed by atoms with E-state index in [9.17, 15) is 4.79 Å². The van der Waals surface area contributed by atoms with Crippen LogP contribution in [0.1, 0.15) is 5.69 Å². The van der Waals surface area contributed by atoms with E-state index in [1.54, 1.807) is 0 Å². The zero-order valence-electron chi connectivity index (χ0n) is 7.17. The van der Waals surface area contributed by atoms with Crippen molar-refractivity contribution in [3.63, 3.8) is 0 Å². The molecular weight excluding hydrogens is 198 g/mol. The molecule has 0 saturated heterocycles. The number of aromatic nitrogens is 1. The molecule has 0 atom stereocenters. The molecule has 13 heavy (non-hydrogen) atoms. The molecule has 1 rings (SSSR count). The molecule has 0 unspecified atom stereocenters. The quantitative estimate of drug-likeness (QED) is 0.691. The van der Waals surface area contributed by atoms with Gasteiger partial charge in [0.05, 0.1) is 20.6 Å². The summed E-state index contributed by atoms with van der Waals surface area (Å²) in [5.74, 6) is -0.335. The highest BCUT2D eigenvalue weighted by molar-refractivity contribution is 6.32. The van der Waals surface area contributed by atoms with Crippen LogP contribution in [-0.4, -0.2) is 25.3 Å². The Morgan fingerprint density at radius 1 is 1.62 bits per heavy atom. The van der Waals surface area contributed by atoms with Crippen LogP contribution in [0.15, 0.2) is 4.52 Å². The van der Waals surface area contributed by atoms with Crippen molar-refractivity contribution in [2.75, 3.05) is 14.2 Å². The van der Waals surface area contributed by atoms with Crippen molar-refractivity contribution in [2.24, 2.45) is 0 Å². The molecule has 1 aromatic heterocycles. The van der Waals surface area contributed by atoms with Gasteiger partial charge in [-0.15, -0.1) is 0 Å². The molecule has 5 nitrogen and oxygen atoms in total. The highest BCUT2D eigenvalue weighted by Gasteiger charge is 2.17. The Kier molecular flexibility index (Phi) is 3.13. The number of esters is 1. The van der Waals surface area contributed by atoms with E-state index in [0.29, 0.717) is 5.69 Å². The Labute approximate surface area is 79.5 Å². The predicted octanol–water partition coefficient (Wildman–Crippen LogP) is 1.05. The fourth-order valence-corrected chi connectivity index (χ4v) is 0.953. The second-order valence-corrected chi connectivity index (χ2v) is 2.57. The molecule has 0 saturated carbocycles. The fourth-order valence-electron chi connectivity index (χ4n) is 0.740. The van der Waals surface area contributed by atoms with Gasteiger partial charge in [0.15, 0.2) is 0 Å². The first-order valence-electron chi connectivity index (χ1n) is 3.44. The number of methoxy groups -OCH3 is 2. The van der Waals surface area contributed by atoms with E-state index in [-0.39, 0.29) is 17.4 Å². The van der Waals surface area contributed by atoms with Crippen LogP contribution in [-0.2, 0) is 16.0 Å². The highest BCUT2D eigenvalue weighted by Crippen LogP contribution is 2.27. The molecule has 6 heteroatoms. The van der Waals surface area contributed by atoms with Gasteiger partial charge in [-0.2, -0.15) is 0 Å². The first-order chi connectivity index (χ1) is 6.19. The van der Waals surface area contributed by atoms with Gasteiger partial charge in [-0.05, 0) is 0 Å². The van der Waals surface area contributed by atoms with E-state index >= 15 is 0 Å². The van der Waals surface area contributed by atoms with Gasteiger partial charge in [0.25, 0.3) is 0 Å². The van der Waals surface area contributed by atoms with Crippen molar-refractivity contribution in [2.45, 2.75) is 6.42 Å². The third-order valence-corrected chi connectivity index (χ3v) is 1.77. The molecule has 1 heterocycles. The molecule has 0 bridgehead atoms. The van der Waals surface area contributed by atoms with Crippen LogP contribution < -0.4 is 4.74 Å². The monoisotopic (exact) mass is 205 g/mol. The smallest absolute Gasteiger partial charge is 0.330 e. The van der Waals surface area contributed by atoms with Gasteiger partial charge >= 0.3 is 11.9 Å². The number of halogens is 1. The Bertz CT molecular complexity index is 309. The lowest BCUT2D eigenvalue weighted by Crippen LogP contribution is -2.04. The molecule has 0 aromatic carbocycles. The zero-order chi connectivity index (χ0) is 9.84. The molecule has 0 aliphatic rings. The van der Waals surface area contributed by atoms with Crippen molar-refractivity contribution in [3.8, 4) is 5.95 Å². The van der Waals surface area contributed by atoms with E-state index in [4.69, 9.17) is 16.3 Å². The first kappa shape index (κ1) is 9.85. The summed E-state index contributed by atoms with van der Waals surface area (Å²) in [4.78, 5) is 10.8. The summed E-state index contributed by atoms with van der Waals surface area (Å²) in [6.45, 7) is 0. The van der Waals surface area contributed by atoms with Crippen LogP contribution in [0.4, 0.5) is 0 Å². The summed E-state index contributed by atoms with van der Waals surface area (Å²) < 4.78 is 13.8. The van der Waals surface area contributed by atoms with Crippen molar-refractivity contribution in [1.82, 2.24) is 5.16 Å². The van der Waals surface area contributed by atoms with Crippen LogP contribution in [0.5, 0.6) is 5.95 Å². The maximum Gasteiger partial charge on any atom is 0.330 e. The molecule has 0 N–H and O–H groups in total. The lowest BCUT2D eigenvalue weighted by atomic mass is 10.3. The predicted molar refractivity (Wildman–Crippen MR) is 43.8 cm³/mol. The number of ether oxygens (including phenoxy) is 2. The van der Waals surface area contributed by atoms with Gasteiger partial charge < -0.3 is 14.0 Å². The molecule has 0 radical (unpaired) electrons. The minimum atomic E-state index is -0.433. The largest absolute Gasteiger partial charge is 0.469 e. The maximum atomic E-state index is 10.8. The SMILES string of the molecule is COC(=O)Cc1noc(OC)c1Cl. The van der Waals surface area contributed by atoms with Gasteiger partial charge in [0.2, 0.25) is 0 Å². The van der Waals surface area contributed by atoms with Gasteiger partial charge in [0.1, 0.15) is 10.7 Å². The van der Waals surface area contributed by atoms with Crippen LogP contribution in [0.2, 0.25) is 5.02 Å². The summed E-state index contributed by atoms with van der Waals surface area (Å²) in [5, 5.41) is 3.74. The Morgan fingerprint density at radius 3 is 2.77 bits per heavy atom. The standard InChI is InChI=1S/C7H8ClNO4/c1-11-5(10)3-4-6(8)7(12-2)13-9-4/h3H2,1-2H3. The molecule has 0 aliphatic heterocycles. The molecule has 0 spiro atoms. The first-order valence-corrected chi connectivity index (χ1v) is 3.81. The Morgan fingerprint density at radius 2 is 2.31 bits per heavy atom. The van der Waals surface area contributed by atoms with E-state index in [2.05, 4.69) is 14.4 Å². The lowest BCUT2D eigenvalue weighted by Gasteiger charge is -1.94. The number of rotatable bonds is 3. The minimum absolute atomic E-state index is 0.0256. The highest BCUT2D eigenvalue weighted by atomic mass is 35.5. The second kappa shape index (κ2) is 4.13. The van der Waals surface area contributed by atoms with E-state index < -0.39 is 5.97 Å². The minimum Gasteiger partial charge on any atom is -0.469 e. The molecule has 0 fully saturated rings. The van der Waals surface area contributed by atoms with Crippen molar-refractivity contribution in [3.05, 3.63) is 10.7 Å². The molecule has 0 aliphatic carbocycles.